The van der Waals surface area contributed by atoms with Crippen LogP contribution in [0.4, 0.5) is 0 Å². The largest absolute Gasteiger partial charge is 0.478 e. The van der Waals surface area contributed by atoms with Gasteiger partial charge in [0.05, 0.1) is 12.7 Å². The number of carbonyl (C=O) groups excluding carboxylic acids is 1. The predicted molar refractivity (Wildman–Crippen MR) is 60.1 cm³/mol. The van der Waals surface area contributed by atoms with Crippen molar-refractivity contribution in [2.45, 2.75) is 0 Å². The van der Waals surface area contributed by atoms with Gasteiger partial charge in [0.1, 0.15) is 4.88 Å². The number of carboxylic acid groups (broad SMARTS) is 1. The molecular weight excluding hydrogens is 228 g/mol. The molecule has 2 aromatic rings. The van der Waals surface area contributed by atoms with Gasteiger partial charge in [-0.2, -0.15) is 0 Å². The SMILES string of the molecule is COC(=O)c1sc2ccccc2c1C(=O)O. The van der Waals surface area contributed by atoms with Crippen LogP contribution >= 0.6 is 11.3 Å². The highest BCUT2D eigenvalue weighted by Crippen LogP contribution is 2.31. The summed E-state index contributed by atoms with van der Waals surface area (Å²) in [5, 5.41) is 9.67. The lowest BCUT2D eigenvalue weighted by Crippen LogP contribution is -2.06. The molecule has 0 saturated carbocycles. The molecule has 0 aliphatic carbocycles. The molecule has 82 valence electrons. The second kappa shape index (κ2) is 3.94. The molecule has 0 fully saturated rings. The maximum atomic E-state index is 11.4. The van der Waals surface area contributed by atoms with E-state index in [1.165, 1.54) is 7.11 Å². The van der Waals surface area contributed by atoms with E-state index in [1.54, 1.807) is 24.3 Å². The smallest absolute Gasteiger partial charge is 0.348 e. The second-order valence-electron chi connectivity index (χ2n) is 3.10. The fourth-order valence-corrected chi connectivity index (χ4v) is 2.61. The molecule has 0 radical (unpaired) electrons. The molecule has 0 amide bonds. The summed E-state index contributed by atoms with van der Waals surface area (Å²) in [5.74, 6) is -1.73. The topological polar surface area (TPSA) is 63.6 Å². The van der Waals surface area contributed by atoms with Crippen molar-refractivity contribution in [2.24, 2.45) is 0 Å². The van der Waals surface area contributed by atoms with E-state index in [-0.39, 0.29) is 10.4 Å². The van der Waals surface area contributed by atoms with Gasteiger partial charge in [0, 0.05) is 10.1 Å². The van der Waals surface area contributed by atoms with E-state index in [0.29, 0.717) is 5.39 Å². The summed E-state index contributed by atoms with van der Waals surface area (Å²) in [6.07, 6.45) is 0. The maximum absolute atomic E-state index is 11.4. The maximum Gasteiger partial charge on any atom is 0.348 e. The average Bonchev–Trinajstić information content (AvgIpc) is 2.67. The van der Waals surface area contributed by atoms with Crippen molar-refractivity contribution < 1.29 is 19.4 Å². The Morgan fingerprint density at radius 2 is 2.00 bits per heavy atom. The highest BCUT2D eigenvalue weighted by molar-refractivity contribution is 7.21. The molecule has 16 heavy (non-hydrogen) atoms. The Kier molecular flexibility index (Phi) is 2.62. The zero-order chi connectivity index (χ0) is 11.7. The van der Waals surface area contributed by atoms with E-state index in [1.807, 2.05) is 0 Å². The Bertz CT molecular complexity index is 570. The molecule has 0 unspecified atom stereocenters. The number of thiophene rings is 1. The van der Waals surface area contributed by atoms with Crippen molar-refractivity contribution in [1.82, 2.24) is 0 Å². The molecule has 0 bridgehead atoms. The first kappa shape index (κ1) is 10.6. The van der Waals surface area contributed by atoms with E-state index in [2.05, 4.69) is 4.74 Å². The van der Waals surface area contributed by atoms with Crippen LogP contribution in [-0.2, 0) is 4.74 Å². The highest BCUT2D eigenvalue weighted by atomic mass is 32.1. The minimum absolute atomic E-state index is 0.0208. The summed E-state index contributed by atoms with van der Waals surface area (Å²) in [6, 6.07) is 6.99. The van der Waals surface area contributed by atoms with Crippen LogP contribution in [0.3, 0.4) is 0 Å². The lowest BCUT2D eigenvalue weighted by molar-refractivity contribution is 0.0589. The zero-order valence-corrected chi connectivity index (χ0v) is 9.21. The third-order valence-corrected chi connectivity index (χ3v) is 3.33. The monoisotopic (exact) mass is 236 g/mol. The van der Waals surface area contributed by atoms with Crippen LogP contribution < -0.4 is 0 Å². The van der Waals surface area contributed by atoms with Crippen LogP contribution in [-0.4, -0.2) is 24.2 Å². The number of rotatable bonds is 2. The van der Waals surface area contributed by atoms with Crippen LogP contribution in [0, 0.1) is 0 Å². The minimum Gasteiger partial charge on any atom is -0.478 e. The van der Waals surface area contributed by atoms with E-state index in [0.717, 1.165) is 16.0 Å². The molecule has 0 atom stereocenters. The van der Waals surface area contributed by atoms with Gasteiger partial charge in [-0.25, -0.2) is 9.59 Å². The number of ether oxygens (including phenoxy) is 1. The van der Waals surface area contributed by atoms with Gasteiger partial charge in [-0.3, -0.25) is 0 Å². The number of aromatic carboxylic acids is 1. The Morgan fingerprint density at radius 3 is 2.62 bits per heavy atom. The molecule has 1 aromatic heterocycles. The predicted octanol–water partition coefficient (Wildman–Crippen LogP) is 2.39. The van der Waals surface area contributed by atoms with Gasteiger partial charge in [-0.15, -0.1) is 11.3 Å². The van der Waals surface area contributed by atoms with Crippen LogP contribution in [0.15, 0.2) is 24.3 Å². The van der Waals surface area contributed by atoms with Crippen molar-refractivity contribution in [3.63, 3.8) is 0 Å². The lowest BCUT2D eigenvalue weighted by Gasteiger charge is -1.97. The first-order valence-corrected chi connectivity index (χ1v) is 5.30. The van der Waals surface area contributed by atoms with Gasteiger partial charge in [0.15, 0.2) is 0 Å². The van der Waals surface area contributed by atoms with Crippen LogP contribution in [0.1, 0.15) is 20.0 Å². The van der Waals surface area contributed by atoms with Crippen molar-refractivity contribution in [1.29, 1.82) is 0 Å². The molecular formula is C11H8O4S. The Morgan fingerprint density at radius 1 is 1.31 bits per heavy atom. The standard InChI is InChI=1S/C11H8O4S/c1-15-11(14)9-8(10(12)13)6-4-2-3-5-7(6)16-9/h2-5H,1H3,(H,12,13). The minimum atomic E-state index is -1.11. The van der Waals surface area contributed by atoms with Gasteiger partial charge in [-0.05, 0) is 6.07 Å². The van der Waals surface area contributed by atoms with Crippen LogP contribution in [0.5, 0.6) is 0 Å². The van der Waals surface area contributed by atoms with E-state index < -0.39 is 11.9 Å². The van der Waals surface area contributed by atoms with Gasteiger partial charge in [0.25, 0.3) is 0 Å². The molecule has 1 aromatic carbocycles. The van der Waals surface area contributed by atoms with Crippen molar-refractivity contribution in [3.05, 3.63) is 34.7 Å². The van der Waals surface area contributed by atoms with Crippen LogP contribution in [0.25, 0.3) is 10.1 Å². The number of benzene rings is 1. The third-order valence-electron chi connectivity index (χ3n) is 2.18. The molecule has 0 saturated heterocycles. The Labute approximate surface area is 95.1 Å². The number of carbonyl (C=O) groups is 2. The number of hydrogen-bond acceptors (Lipinski definition) is 4. The highest BCUT2D eigenvalue weighted by Gasteiger charge is 2.23. The lowest BCUT2D eigenvalue weighted by atomic mass is 10.1. The third kappa shape index (κ3) is 1.55. The number of carboxylic acids is 1. The fourth-order valence-electron chi connectivity index (χ4n) is 1.49. The normalized spacial score (nSPS) is 10.3. The van der Waals surface area contributed by atoms with Crippen molar-refractivity contribution >= 4 is 33.4 Å². The molecule has 5 heteroatoms. The van der Waals surface area contributed by atoms with E-state index in [9.17, 15) is 9.59 Å². The molecule has 0 aliphatic rings. The molecule has 0 aliphatic heterocycles. The molecule has 1 heterocycles. The molecule has 4 nitrogen and oxygen atoms in total. The average molecular weight is 236 g/mol. The summed E-state index contributed by atoms with van der Waals surface area (Å²) >= 11 is 1.13. The van der Waals surface area contributed by atoms with Gasteiger partial charge in [0.2, 0.25) is 0 Å². The van der Waals surface area contributed by atoms with Crippen molar-refractivity contribution in [3.8, 4) is 0 Å². The van der Waals surface area contributed by atoms with Gasteiger partial charge < -0.3 is 9.84 Å². The van der Waals surface area contributed by atoms with E-state index >= 15 is 0 Å². The molecule has 1 N–H and O–H groups in total. The molecule has 2 rings (SSSR count). The number of esters is 1. The Balaban J connectivity index is 2.78. The number of fused-ring (bicyclic) bond motifs is 1. The second-order valence-corrected chi connectivity index (χ2v) is 4.15. The summed E-state index contributed by atoms with van der Waals surface area (Å²) in [5.41, 5.74) is 0.0208. The van der Waals surface area contributed by atoms with Gasteiger partial charge >= 0.3 is 11.9 Å². The summed E-state index contributed by atoms with van der Waals surface area (Å²) in [6.45, 7) is 0. The zero-order valence-electron chi connectivity index (χ0n) is 8.39. The quantitative estimate of drug-likeness (QED) is 0.813. The van der Waals surface area contributed by atoms with Gasteiger partial charge in [-0.1, -0.05) is 18.2 Å². The first-order chi connectivity index (χ1) is 7.65. The number of methoxy groups -OCH3 is 1. The fraction of sp³-hybridized carbons (Fsp3) is 0.0909. The van der Waals surface area contributed by atoms with E-state index in [4.69, 9.17) is 5.11 Å². The van der Waals surface area contributed by atoms with Crippen LogP contribution in [0.2, 0.25) is 0 Å². The Hall–Kier alpha value is -1.88. The summed E-state index contributed by atoms with van der Waals surface area (Å²) < 4.78 is 5.33. The number of hydrogen-bond donors (Lipinski definition) is 1. The van der Waals surface area contributed by atoms with Crippen molar-refractivity contribution in [2.75, 3.05) is 7.11 Å². The molecule has 0 spiro atoms. The summed E-state index contributed by atoms with van der Waals surface area (Å²) in [4.78, 5) is 22.7. The summed E-state index contributed by atoms with van der Waals surface area (Å²) in [7, 11) is 1.23. The first-order valence-electron chi connectivity index (χ1n) is 4.48.